The maximum absolute atomic E-state index is 12.9. The fraction of sp³-hybridized carbons (Fsp3) is 0.294. The largest absolute Gasteiger partial charge is 0.341 e. The second-order valence-corrected chi connectivity index (χ2v) is 7.75. The second kappa shape index (κ2) is 8.73. The van der Waals surface area contributed by atoms with Crippen LogP contribution in [0.5, 0.6) is 0 Å². The SMILES string of the molecule is Cl.O=C(c1ccc(S(=O)(=O)C(F)F)cc1)N1CCNCC1c1cccnc1. The third-order valence-electron chi connectivity index (χ3n) is 4.24. The predicted molar refractivity (Wildman–Crippen MR) is 97.8 cm³/mol. The Morgan fingerprint density at radius 2 is 1.93 bits per heavy atom. The first-order chi connectivity index (χ1) is 12.4. The van der Waals surface area contributed by atoms with Gasteiger partial charge in [0.2, 0.25) is 9.84 Å². The quantitative estimate of drug-likeness (QED) is 0.825. The third-order valence-corrected chi connectivity index (χ3v) is 5.64. The minimum atomic E-state index is -4.67. The normalized spacial score (nSPS) is 17.4. The molecule has 1 aromatic heterocycles. The standard InChI is InChI=1S/C17H17F2N3O3S.ClH/c18-17(19)26(24,25)14-5-3-12(4-6-14)16(23)22-9-8-21-11-15(22)13-2-1-7-20-10-13;/h1-7,10,15,17,21H,8-9,11H2;1H. The van der Waals surface area contributed by atoms with Crippen molar-refractivity contribution in [1.82, 2.24) is 15.2 Å². The molecule has 1 aliphatic rings. The van der Waals surface area contributed by atoms with Crippen LogP contribution in [-0.2, 0) is 9.84 Å². The van der Waals surface area contributed by atoms with Gasteiger partial charge in [0.25, 0.3) is 5.91 Å². The van der Waals surface area contributed by atoms with E-state index in [1.54, 1.807) is 23.4 Å². The molecule has 1 fully saturated rings. The van der Waals surface area contributed by atoms with E-state index in [1.807, 2.05) is 6.07 Å². The maximum atomic E-state index is 12.9. The Kier molecular flexibility index (Phi) is 6.85. The molecule has 0 aliphatic carbocycles. The number of nitrogens with one attached hydrogen (secondary N) is 1. The molecule has 1 aliphatic heterocycles. The molecule has 10 heteroatoms. The van der Waals surface area contributed by atoms with Gasteiger partial charge in [-0.2, -0.15) is 8.78 Å². The van der Waals surface area contributed by atoms with Gasteiger partial charge in [0.15, 0.2) is 0 Å². The second-order valence-electron chi connectivity index (χ2n) is 5.83. The van der Waals surface area contributed by atoms with Crippen molar-refractivity contribution < 1.29 is 22.0 Å². The Morgan fingerprint density at radius 3 is 2.52 bits per heavy atom. The highest BCUT2D eigenvalue weighted by atomic mass is 35.5. The molecule has 3 rings (SSSR count). The zero-order valence-electron chi connectivity index (χ0n) is 14.1. The van der Waals surface area contributed by atoms with Gasteiger partial charge < -0.3 is 10.2 Å². The minimum absolute atomic E-state index is 0. The lowest BCUT2D eigenvalue weighted by Crippen LogP contribution is -2.48. The molecule has 0 saturated carbocycles. The lowest BCUT2D eigenvalue weighted by molar-refractivity contribution is 0.0634. The number of nitrogens with zero attached hydrogens (tertiary/aromatic N) is 2. The monoisotopic (exact) mass is 417 g/mol. The number of halogens is 3. The van der Waals surface area contributed by atoms with Crippen LogP contribution in [0.4, 0.5) is 8.78 Å². The van der Waals surface area contributed by atoms with Crippen molar-refractivity contribution in [2.45, 2.75) is 16.7 Å². The van der Waals surface area contributed by atoms with E-state index >= 15 is 0 Å². The summed E-state index contributed by atoms with van der Waals surface area (Å²) in [6.45, 7) is 1.66. The molecule has 0 radical (unpaired) electrons. The van der Waals surface area contributed by atoms with E-state index in [1.165, 1.54) is 12.1 Å². The molecule has 1 N–H and O–H groups in total. The van der Waals surface area contributed by atoms with Crippen LogP contribution in [0.3, 0.4) is 0 Å². The van der Waals surface area contributed by atoms with Crippen molar-refractivity contribution in [2.24, 2.45) is 0 Å². The van der Waals surface area contributed by atoms with Gasteiger partial charge in [0, 0.05) is 37.6 Å². The maximum Gasteiger partial charge on any atom is 0.341 e. The van der Waals surface area contributed by atoms with E-state index in [-0.39, 0.29) is 29.9 Å². The lowest BCUT2D eigenvalue weighted by atomic mass is 10.0. The van der Waals surface area contributed by atoms with Crippen molar-refractivity contribution in [1.29, 1.82) is 0 Å². The lowest BCUT2D eigenvalue weighted by Gasteiger charge is -2.36. The van der Waals surface area contributed by atoms with E-state index in [9.17, 15) is 22.0 Å². The van der Waals surface area contributed by atoms with E-state index in [2.05, 4.69) is 10.3 Å². The number of sulfone groups is 1. The van der Waals surface area contributed by atoms with E-state index in [4.69, 9.17) is 0 Å². The molecule has 27 heavy (non-hydrogen) atoms. The molecular formula is C17H18ClF2N3O3S. The van der Waals surface area contributed by atoms with Gasteiger partial charge in [-0.25, -0.2) is 8.42 Å². The van der Waals surface area contributed by atoms with Gasteiger partial charge in [-0.05, 0) is 35.9 Å². The summed E-state index contributed by atoms with van der Waals surface area (Å²) in [5.74, 6) is -3.78. The number of aromatic nitrogens is 1. The summed E-state index contributed by atoms with van der Waals surface area (Å²) in [5, 5.41) is 3.23. The number of carbonyl (C=O) groups excluding carboxylic acids is 1. The van der Waals surface area contributed by atoms with Crippen molar-refractivity contribution in [2.75, 3.05) is 19.6 Å². The number of rotatable bonds is 4. The highest BCUT2D eigenvalue weighted by molar-refractivity contribution is 7.91. The number of alkyl halides is 2. The van der Waals surface area contributed by atoms with Crippen LogP contribution in [0, 0.1) is 0 Å². The summed E-state index contributed by atoms with van der Waals surface area (Å²) in [6, 6.07) is 8.06. The molecule has 6 nitrogen and oxygen atoms in total. The van der Waals surface area contributed by atoms with Gasteiger partial charge in [-0.3, -0.25) is 9.78 Å². The predicted octanol–water partition coefficient (Wildman–Crippen LogP) is 2.29. The summed E-state index contributed by atoms with van der Waals surface area (Å²) >= 11 is 0. The number of pyridine rings is 1. The Morgan fingerprint density at radius 1 is 1.22 bits per heavy atom. The highest BCUT2D eigenvalue weighted by Gasteiger charge is 2.30. The first-order valence-electron chi connectivity index (χ1n) is 7.95. The Bertz CT molecular complexity index is 880. The molecule has 1 aromatic carbocycles. The number of amides is 1. The van der Waals surface area contributed by atoms with Gasteiger partial charge in [-0.15, -0.1) is 12.4 Å². The zero-order chi connectivity index (χ0) is 18.7. The summed E-state index contributed by atoms with van der Waals surface area (Å²) in [5.41, 5.74) is 1.12. The molecule has 1 atom stereocenters. The summed E-state index contributed by atoms with van der Waals surface area (Å²) in [6.07, 6.45) is 3.34. The topological polar surface area (TPSA) is 79.4 Å². The van der Waals surface area contributed by atoms with Gasteiger partial charge >= 0.3 is 5.76 Å². The fourth-order valence-corrected chi connectivity index (χ4v) is 3.60. The molecular weight excluding hydrogens is 400 g/mol. The average Bonchev–Trinajstić information content (AvgIpc) is 2.68. The number of hydrogen-bond acceptors (Lipinski definition) is 5. The first kappa shape index (κ1) is 21.2. The summed E-state index contributed by atoms with van der Waals surface area (Å²) in [4.78, 5) is 18.1. The Labute approximate surface area is 161 Å². The van der Waals surface area contributed by atoms with Crippen LogP contribution in [0.2, 0.25) is 0 Å². The molecule has 146 valence electrons. The van der Waals surface area contributed by atoms with Gasteiger partial charge in [0.1, 0.15) is 0 Å². The molecule has 1 unspecified atom stereocenters. The number of piperazine rings is 1. The van der Waals surface area contributed by atoms with Crippen molar-refractivity contribution >= 4 is 28.2 Å². The molecule has 0 bridgehead atoms. The van der Waals surface area contributed by atoms with Gasteiger partial charge in [-0.1, -0.05) is 6.07 Å². The summed E-state index contributed by atoms with van der Waals surface area (Å²) in [7, 11) is -4.67. The molecule has 2 heterocycles. The molecule has 1 saturated heterocycles. The Hall–Kier alpha value is -2.10. The van der Waals surface area contributed by atoms with Crippen LogP contribution >= 0.6 is 12.4 Å². The smallest absolute Gasteiger partial charge is 0.329 e. The summed E-state index contributed by atoms with van der Waals surface area (Å²) < 4.78 is 48.2. The minimum Gasteiger partial charge on any atom is -0.329 e. The van der Waals surface area contributed by atoms with Gasteiger partial charge in [0.05, 0.1) is 10.9 Å². The van der Waals surface area contributed by atoms with Crippen LogP contribution in [0.25, 0.3) is 0 Å². The van der Waals surface area contributed by atoms with Crippen LogP contribution in [0.1, 0.15) is 22.0 Å². The molecule has 0 spiro atoms. The first-order valence-corrected chi connectivity index (χ1v) is 9.49. The van der Waals surface area contributed by atoms with E-state index < -0.39 is 20.5 Å². The van der Waals surface area contributed by atoms with E-state index in [0.29, 0.717) is 19.6 Å². The zero-order valence-corrected chi connectivity index (χ0v) is 15.7. The van der Waals surface area contributed by atoms with Crippen LogP contribution in [0.15, 0.2) is 53.7 Å². The Balaban J connectivity index is 0.00000261. The van der Waals surface area contributed by atoms with Crippen molar-refractivity contribution in [3.05, 3.63) is 59.9 Å². The third kappa shape index (κ3) is 4.42. The molecule has 2 aromatic rings. The number of benzene rings is 1. The fourth-order valence-electron chi connectivity index (χ4n) is 2.87. The van der Waals surface area contributed by atoms with Crippen molar-refractivity contribution in [3.8, 4) is 0 Å². The number of carbonyl (C=O) groups is 1. The van der Waals surface area contributed by atoms with Crippen LogP contribution < -0.4 is 5.32 Å². The molecule has 1 amide bonds. The van der Waals surface area contributed by atoms with Crippen LogP contribution in [-0.4, -0.2) is 49.6 Å². The highest BCUT2D eigenvalue weighted by Crippen LogP contribution is 2.25. The number of hydrogen-bond donors (Lipinski definition) is 1. The average molecular weight is 418 g/mol. The van der Waals surface area contributed by atoms with Crippen molar-refractivity contribution in [3.63, 3.8) is 0 Å². The van der Waals surface area contributed by atoms with E-state index in [0.717, 1.165) is 17.7 Å².